The summed E-state index contributed by atoms with van der Waals surface area (Å²) < 4.78 is 1.65. The maximum absolute atomic E-state index is 11.7. The fourth-order valence-corrected chi connectivity index (χ4v) is 4.00. The maximum atomic E-state index is 11.7. The fourth-order valence-electron chi connectivity index (χ4n) is 4.00. The molecule has 2 aliphatic rings. The summed E-state index contributed by atoms with van der Waals surface area (Å²) in [6, 6.07) is 5.17. The van der Waals surface area contributed by atoms with Gasteiger partial charge in [-0.1, -0.05) is 0 Å². The molecule has 8 nitrogen and oxygen atoms in total. The molecule has 28 heavy (non-hydrogen) atoms. The Balaban J connectivity index is 1.43. The molecule has 4 rings (SSSR count). The molecule has 0 atom stereocenters. The van der Waals surface area contributed by atoms with E-state index < -0.39 is 0 Å². The molecule has 0 spiro atoms. The highest BCUT2D eigenvalue weighted by Crippen LogP contribution is 2.36. The number of rotatable bonds is 6. The smallest absolute Gasteiger partial charge is 0.347 e. The molecule has 0 bridgehead atoms. The van der Waals surface area contributed by atoms with Crippen molar-refractivity contribution in [2.75, 3.05) is 37.0 Å². The Labute approximate surface area is 165 Å². The summed E-state index contributed by atoms with van der Waals surface area (Å²) in [6.45, 7) is 2.84. The van der Waals surface area contributed by atoms with E-state index >= 15 is 0 Å². The lowest BCUT2D eigenvalue weighted by Gasteiger charge is -2.39. The molecule has 150 valence electrons. The number of piperidine rings is 1. The van der Waals surface area contributed by atoms with Crippen molar-refractivity contribution in [2.24, 2.45) is 7.05 Å². The van der Waals surface area contributed by atoms with E-state index in [0.717, 1.165) is 49.8 Å². The van der Waals surface area contributed by atoms with Crippen molar-refractivity contribution in [3.05, 3.63) is 40.8 Å². The molecule has 3 heterocycles. The summed E-state index contributed by atoms with van der Waals surface area (Å²) in [5.41, 5.74) is 0.830. The SMILES string of the molecule is CN(C)c1cc(N(C2CC2)C2CCN(Cc3ccnc(=O)n3C)CC2)ncn1. The predicted octanol–water partition coefficient (Wildman–Crippen LogP) is 1.27. The zero-order valence-electron chi connectivity index (χ0n) is 17.0. The Morgan fingerprint density at radius 2 is 1.71 bits per heavy atom. The highest BCUT2D eigenvalue weighted by atomic mass is 16.1. The van der Waals surface area contributed by atoms with E-state index in [1.54, 1.807) is 24.1 Å². The summed E-state index contributed by atoms with van der Waals surface area (Å²) in [4.78, 5) is 31.5. The van der Waals surface area contributed by atoms with Crippen LogP contribution in [0.2, 0.25) is 0 Å². The van der Waals surface area contributed by atoms with Crippen LogP contribution < -0.4 is 15.5 Å². The van der Waals surface area contributed by atoms with Crippen LogP contribution in [0.15, 0.2) is 29.5 Å². The van der Waals surface area contributed by atoms with E-state index in [1.807, 2.05) is 25.1 Å². The van der Waals surface area contributed by atoms with E-state index in [9.17, 15) is 4.79 Å². The monoisotopic (exact) mass is 383 g/mol. The molecule has 1 aliphatic carbocycles. The van der Waals surface area contributed by atoms with Gasteiger partial charge in [0.1, 0.15) is 18.0 Å². The summed E-state index contributed by atoms with van der Waals surface area (Å²) >= 11 is 0. The zero-order chi connectivity index (χ0) is 19.7. The van der Waals surface area contributed by atoms with Gasteiger partial charge in [-0.25, -0.2) is 19.7 Å². The third kappa shape index (κ3) is 4.01. The number of aromatic nitrogens is 4. The van der Waals surface area contributed by atoms with Crippen molar-refractivity contribution >= 4 is 11.6 Å². The summed E-state index contributed by atoms with van der Waals surface area (Å²) in [6.07, 6.45) is 8.00. The second-order valence-electron chi connectivity index (χ2n) is 8.05. The minimum atomic E-state index is -0.187. The molecule has 0 unspecified atom stereocenters. The van der Waals surface area contributed by atoms with Crippen molar-refractivity contribution in [2.45, 2.75) is 44.3 Å². The Hall–Kier alpha value is -2.48. The van der Waals surface area contributed by atoms with Crippen LogP contribution in [0.3, 0.4) is 0 Å². The number of hydrogen-bond donors (Lipinski definition) is 0. The van der Waals surface area contributed by atoms with E-state index in [-0.39, 0.29) is 5.69 Å². The van der Waals surface area contributed by atoms with E-state index in [4.69, 9.17) is 0 Å². The van der Waals surface area contributed by atoms with Crippen LogP contribution in [0.5, 0.6) is 0 Å². The lowest BCUT2D eigenvalue weighted by Crippen LogP contribution is -2.46. The molecular weight excluding hydrogens is 354 g/mol. The van der Waals surface area contributed by atoms with Gasteiger partial charge in [0.15, 0.2) is 0 Å². The largest absolute Gasteiger partial charge is 0.363 e. The fraction of sp³-hybridized carbons (Fsp3) is 0.600. The average Bonchev–Trinajstić information content (AvgIpc) is 3.52. The number of nitrogens with zero attached hydrogens (tertiary/aromatic N) is 7. The Morgan fingerprint density at radius 1 is 1.04 bits per heavy atom. The zero-order valence-corrected chi connectivity index (χ0v) is 17.0. The number of hydrogen-bond acceptors (Lipinski definition) is 7. The highest BCUT2D eigenvalue weighted by Gasteiger charge is 2.36. The molecule has 1 saturated heterocycles. The first-order chi connectivity index (χ1) is 13.5. The summed E-state index contributed by atoms with van der Waals surface area (Å²) in [5, 5.41) is 0. The molecule has 0 amide bonds. The van der Waals surface area contributed by atoms with Gasteiger partial charge < -0.3 is 9.80 Å². The van der Waals surface area contributed by atoms with Crippen molar-refractivity contribution in [3.8, 4) is 0 Å². The third-order valence-electron chi connectivity index (χ3n) is 5.81. The topological polar surface area (TPSA) is 70.4 Å². The lowest BCUT2D eigenvalue weighted by atomic mass is 10.0. The standard InChI is InChI=1S/C20H29N7O/c1-24(2)18-12-19(23-14-22-18)27(15-4-5-15)16-7-10-26(11-8-16)13-17-6-9-21-20(28)25(17)3/h6,9,12,14-16H,4-5,7-8,10-11,13H2,1-3H3. The highest BCUT2D eigenvalue weighted by molar-refractivity contribution is 5.51. The molecule has 2 fully saturated rings. The van der Waals surface area contributed by atoms with Crippen molar-refractivity contribution < 1.29 is 0 Å². The van der Waals surface area contributed by atoms with Crippen molar-refractivity contribution in [1.82, 2.24) is 24.4 Å². The first-order valence-electron chi connectivity index (χ1n) is 10.0. The van der Waals surface area contributed by atoms with E-state index in [0.29, 0.717) is 12.1 Å². The normalized spacial score (nSPS) is 18.2. The minimum Gasteiger partial charge on any atom is -0.363 e. The van der Waals surface area contributed by atoms with Crippen molar-refractivity contribution in [1.29, 1.82) is 0 Å². The quantitative estimate of drug-likeness (QED) is 0.744. The van der Waals surface area contributed by atoms with Crippen LogP contribution in [-0.2, 0) is 13.6 Å². The molecule has 8 heteroatoms. The Morgan fingerprint density at radius 3 is 2.39 bits per heavy atom. The van der Waals surface area contributed by atoms with Gasteiger partial charge in [0, 0.05) is 70.8 Å². The van der Waals surface area contributed by atoms with Gasteiger partial charge in [0.05, 0.1) is 0 Å². The van der Waals surface area contributed by atoms with Gasteiger partial charge in [-0.3, -0.25) is 9.47 Å². The van der Waals surface area contributed by atoms with Crippen LogP contribution in [-0.4, -0.2) is 63.7 Å². The summed E-state index contributed by atoms with van der Waals surface area (Å²) in [5.74, 6) is 2.00. The molecule has 2 aromatic rings. The van der Waals surface area contributed by atoms with Crippen LogP contribution in [0.25, 0.3) is 0 Å². The van der Waals surface area contributed by atoms with Gasteiger partial charge in [-0.05, 0) is 31.7 Å². The van der Waals surface area contributed by atoms with Crippen LogP contribution in [0.1, 0.15) is 31.4 Å². The molecule has 0 N–H and O–H groups in total. The van der Waals surface area contributed by atoms with Crippen LogP contribution in [0.4, 0.5) is 11.6 Å². The van der Waals surface area contributed by atoms with Crippen LogP contribution in [0, 0.1) is 0 Å². The Kier molecular flexibility index (Phi) is 5.30. The van der Waals surface area contributed by atoms with Crippen molar-refractivity contribution in [3.63, 3.8) is 0 Å². The number of likely N-dealkylation sites (tertiary alicyclic amines) is 1. The van der Waals surface area contributed by atoms with Gasteiger partial charge in [0.2, 0.25) is 0 Å². The van der Waals surface area contributed by atoms with Crippen LogP contribution >= 0.6 is 0 Å². The molecule has 1 aliphatic heterocycles. The van der Waals surface area contributed by atoms with Gasteiger partial charge in [0.25, 0.3) is 0 Å². The van der Waals surface area contributed by atoms with Gasteiger partial charge in [-0.15, -0.1) is 0 Å². The number of anilines is 2. The first kappa shape index (κ1) is 18.9. The molecular formula is C20H29N7O. The Bertz CT molecular complexity index is 869. The predicted molar refractivity (Wildman–Crippen MR) is 110 cm³/mol. The molecule has 1 saturated carbocycles. The maximum Gasteiger partial charge on any atom is 0.347 e. The van der Waals surface area contributed by atoms with Gasteiger partial charge in [-0.2, -0.15) is 0 Å². The second kappa shape index (κ2) is 7.87. The molecule has 0 radical (unpaired) electrons. The van der Waals surface area contributed by atoms with Gasteiger partial charge >= 0.3 is 5.69 Å². The minimum absolute atomic E-state index is 0.187. The summed E-state index contributed by atoms with van der Waals surface area (Å²) in [7, 11) is 5.82. The molecule has 2 aromatic heterocycles. The second-order valence-corrected chi connectivity index (χ2v) is 8.05. The van der Waals surface area contributed by atoms with E-state index in [2.05, 4.69) is 30.8 Å². The molecule has 0 aromatic carbocycles. The average molecular weight is 384 g/mol. The first-order valence-corrected chi connectivity index (χ1v) is 10.0. The lowest BCUT2D eigenvalue weighted by molar-refractivity contribution is 0.196. The third-order valence-corrected chi connectivity index (χ3v) is 5.81. The van der Waals surface area contributed by atoms with E-state index in [1.165, 1.54) is 12.8 Å².